The summed E-state index contributed by atoms with van der Waals surface area (Å²) in [5.74, 6) is -2.02. The molecule has 3 N–H and O–H groups in total. The molecule has 7 nitrogen and oxygen atoms in total. The Morgan fingerprint density at radius 3 is 2.00 bits per heavy atom. The van der Waals surface area contributed by atoms with Crippen LogP contribution in [0.1, 0.15) is 31.9 Å². The van der Waals surface area contributed by atoms with Crippen molar-refractivity contribution >= 4 is 18.0 Å². The maximum Gasteiger partial charge on any atom is 0.407 e. The zero-order valence-electron chi connectivity index (χ0n) is 12.8. The van der Waals surface area contributed by atoms with E-state index < -0.39 is 24.1 Å². The van der Waals surface area contributed by atoms with E-state index in [0.29, 0.717) is 5.56 Å². The van der Waals surface area contributed by atoms with E-state index in [4.69, 9.17) is 10.2 Å². The number of hydrogen-bond donors (Lipinski definition) is 3. The van der Waals surface area contributed by atoms with E-state index in [0.717, 1.165) is 6.42 Å². The largest absolute Gasteiger partial charge is 0.481 e. The fraction of sp³-hybridized carbons (Fsp3) is 0.400. The molecule has 122 valence electrons. The Labute approximate surface area is 128 Å². The monoisotopic (exact) mass is 311 g/mol. The number of carboxylic acid groups (broad SMARTS) is 2. The van der Waals surface area contributed by atoms with E-state index in [2.05, 4.69) is 10.1 Å². The molecular weight excluding hydrogens is 290 g/mol. The maximum absolute atomic E-state index is 10.9. The van der Waals surface area contributed by atoms with Crippen LogP contribution < -0.4 is 5.32 Å². The number of nitrogens with one attached hydrogen (secondary N) is 1. The molecule has 0 saturated heterocycles. The smallest absolute Gasteiger partial charge is 0.407 e. The molecule has 0 aliphatic heterocycles. The van der Waals surface area contributed by atoms with E-state index >= 15 is 0 Å². The van der Waals surface area contributed by atoms with Crippen LogP contribution in [0.3, 0.4) is 0 Å². The number of amides is 1. The summed E-state index contributed by atoms with van der Waals surface area (Å²) < 4.78 is 4.34. The number of carboxylic acids is 2. The molecule has 1 rings (SSSR count). The highest BCUT2D eigenvalue weighted by atomic mass is 16.5. The third-order valence-electron chi connectivity index (χ3n) is 2.86. The molecule has 7 heteroatoms. The van der Waals surface area contributed by atoms with E-state index in [1.165, 1.54) is 7.11 Å². The van der Waals surface area contributed by atoms with Crippen LogP contribution in [-0.2, 0) is 14.3 Å². The number of methoxy groups -OCH3 is 1. The molecule has 0 aliphatic carbocycles. The van der Waals surface area contributed by atoms with Gasteiger partial charge in [0.1, 0.15) is 0 Å². The molecule has 1 amide bonds. The average molecular weight is 311 g/mol. The first-order valence-corrected chi connectivity index (χ1v) is 6.68. The Hall–Kier alpha value is -2.57. The van der Waals surface area contributed by atoms with E-state index in [-0.39, 0.29) is 5.92 Å². The molecule has 0 bridgehead atoms. The van der Waals surface area contributed by atoms with Gasteiger partial charge in [0.2, 0.25) is 0 Å². The lowest BCUT2D eigenvalue weighted by molar-refractivity contribution is -0.141. The Bertz CT molecular complexity index is 488. The first kappa shape index (κ1) is 19.4. The fourth-order valence-corrected chi connectivity index (χ4v) is 1.28. The van der Waals surface area contributed by atoms with Crippen LogP contribution in [0.15, 0.2) is 30.3 Å². The van der Waals surface area contributed by atoms with Crippen molar-refractivity contribution in [1.82, 2.24) is 5.32 Å². The molecule has 1 unspecified atom stereocenters. The number of aliphatic carboxylic acids is 2. The van der Waals surface area contributed by atoms with Crippen molar-refractivity contribution in [2.75, 3.05) is 7.11 Å². The van der Waals surface area contributed by atoms with Gasteiger partial charge in [0.05, 0.1) is 13.0 Å². The topological polar surface area (TPSA) is 113 Å². The van der Waals surface area contributed by atoms with Crippen LogP contribution in [0.25, 0.3) is 0 Å². The Balaban J connectivity index is 0.000000534. The van der Waals surface area contributed by atoms with Crippen molar-refractivity contribution in [2.45, 2.75) is 26.3 Å². The van der Waals surface area contributed by atoms with Crippen LogP contribution in [0.5, 0.6) is 0 Å². The highest BCUT2D eigenvalue weighted by Gasteiger charge is 2.21. The Morgan fingerprint density at radius 1 is 1.14 bits per heavy atom. The van der Waals surface area contributed by atoms with E-state index in [1.807, 2.05) is 6.92 Å². The number of benzene rings is 1. The van der Waals surface area contributed by atoms with Gasteiger partial charge in [0, 0.05) is 0 Å². The number of carbonyl (C=O) groups is 3. The second kappa shape index (κ2) is 10.2. The number of rotatable bonds is 5. The van der Waals surface area contributed by atoms with Gasteiger partial charge < -0.3 is 20.3 Å². The first-order chi connectivity index (χ1) is 10.3. The van der Waals surface area contributed by atoms with Crippen molar-refractivity contribution < 1.29 is 29.3 Å². The molecule has 0 fully saturated rings. The van der Waals surface area contributed by atoms with Gasteiger partial charge >= 0.3 is 18.0 Å². The van der Waals surface area contributed by atoms with Gasteiger partial charge in [-0.2, -0.15) is 0 Å². The zero-order chi connectivity index (χ0) is 17.1. The standard InChI is InChI=1S/C10H11NO4.C5H10O2/c1-15-10(14)11-8(9(12)13)7-5-3-2-4-6-7;1-3-4(2)5(6)7/h2-6,8H,1H3,(H,11,14)(H,12,13);4H,3H2,1-2H3,(H,6,7)/t8-;/m1./s1. The molecule has 0 aliphatic rings. The quantitative estimate of drug-likeness (QED) is 0.769. The van der Waals surface area contributed by atoms with Crippen molar-refractivity contribution in [1.29, 1.82) is 0 Å². The van der Waals surface area contributed by atoms with Crippen molar-refractivity contribution in [2.24, 2.45) is 5.92 Å². The summed E-state index contributed by atoms with van der Waals surface area (Å²) >= 11 is 0. The number of alkyl carbamates (subject to hydrolysis) is 1. The molecular formula is C15H21NO6. The van der Waals surface area contributed by atoms with Gasteiger partial charge in [-0.05, 0) is 12.0 Å². The van der Waals surface area contributed by atoms with E-state index in [1.54, 1.807) is 37.3 Å². The summed E-state index contributed by atoms with van der Waals surface area (Å²) in [6.07, 6.45) is -0.0544. The number of hydrogen-bond acceptors (Lipinski definition) is 4. The average Bonchev–Trinajstić information content (AvgIpc) is 2.52. The molecule has 1 aromatic rings. The normalized spacial score (nSPS) is 12.1. The lowest BCUT2D eigenvalue weighted by Crippen LogP contribution is -2.33. The van der Waals surface area contributed by atoms with Crippen molar-refractivity contribution in [3.63, 3.8) is 0 Å². The summed E-state index contributed by atoms with van der Waals surface area (Å²) in [5.41, 5.74) is 0.496. The molecule has 22 heavy (non-hydrogen) atoms. The Morgan fingerprint density at radius 2 is 1.68 bits per heavy atom. The highest BCUT2D eigenvalue weighted by molar-refractivity contribution is 5.81. The third-order valence-corrected chi connectivity index (χ3v) is 2.86. The highest BCUT2D eigenvalue weighted by Crippen LogP contribution is 2.12. The minimum atomic E-state index is -1.13. The second-order valence-corrected chi connectivity index (χ2v) is 4.47. The fourth-order valence-electron chi connectivity index (χ4n) is 1.28. The minimum Gasteiger partial charge on any atom is -0.481 e. The summed E-state index contributed by atoms with van der Waals surface area (Å²) in [6, 6.07) is 7.32. The van der Waals surface area contributed by atoms with Crippen molar-refractivity contribution in [3.05, 3.63) is 35.9 Å². The number of carbonyl (C=O) groups excluding carboxylic acids is 1. The van der Waals surface area contributed by atoms with Crippen LogP contribution in [-0.4, -0.2) is 35.4 Å². The predicted octanol–water partition coefficient (Wildman–Crippen LogP) is 2.29. The summed E-state index contributed by atoms with van der Waals surface area (Å²) in [5, 5.41) is 19.3. The van der Waals surface area contributed by atoms with Gasteiger partial charge in [0.15, 0.2) is 6.04 Å². The SMILES string of the molecule is CCC(C)C(=O)O.COC(=O)N[C@@H](C(=O)O)c1ccccc1. The van der Waals surface area contributed by atoms with Gasteiger partial charge in [-0.1, -0.05) is 44.2 Å². The molecule has 0 radical (unpaired) electrons. The van der Waals surface area contributed by atoms with Crippen LogP contribution in [0, 0.1) is 5.92 Å². The van der Waals surface area contributed by atoms with Crippen LogP contribution >= 0.6 is 0 Å². The lowest BCUT2D eigenvalue weighted by atomic mass is 10.1. The second-order valence-electron chi connectivity index (χ2n) is 4.47. The van der Waals surface area contributed by atoms with Gasteiger partial charge in [0.25, 0.3) is 0 Å². The summed E-state index contributed by atoms with van der Waals surface area (Å²) in [6.45, 7) is 3.56. The molecule has 1 aromatic carbocycles. The zero-order valence-corrected chi connectivity index (χ0v) is 12.8. The third kappa shape index (κ3) is 7.28. The van der Waals surface area contributed by atoms with Crippen LogP contribution in [0.2, 0.25) is 0 Å². The van der Waals surface area contributed by atoms with E-state index in [9.17, 15) is 14.4 Å². The molecule has 2 atom stereocenters. The van der Waals surface area contributed by atoms with Gasteiger partial charge in [-0.3, -0.25) is 4.79 Å². The number of ether oxygens (including phenoxy) is 1. The first-order valence-electron chi connectivity index (χ1n) is 6.68. The summed E-state index contributed by atoms with van der Waals surface area (Å²) in [4.78, 5) is 31.7. The Kier molecular flexibility index (Phi) is 9.01. The van der Waals surface area contributed by atoms with Gasteiger partial charge in [-0.15, -0.1) is 0 Å². The maximum atomic E-state index is 10.9. The van der Waals surface area contributed by atoms with Gasteiger partial charge in [-0.25, -0.2) is 9.59 Å². The predicted molar refractivity (Wildman–Crippen MR) is 79.5 cm³/mol. The molecule has 0 aromatic heterocycles. The lowest BCUT2D eigenvalue weighted by Gasteiger charge is -2.13. The van der Waals surface area contributed by atoms with Crippen LogP contribution in [0.4, 0.5) is 4.79 Å². The summed E-state index contributed by atoms with van der Waals surface area (Å²) in [7, 11) is 1.18. The van der Waals surface area contributed by atoms with Crippen molar-refractivity contribution in [3.8, 4) is 0 Å². The minimum absolute atomic E-state index is 0.181. The molecule has 0 heterocycles. The molecule has 0 saturated carbocycles. The molecule has 0 spiro atoms.